The Labute approximate surface area is 223 Å². The molecule has 38 heavy (non-hydrogen) atoms. The molecule has 2 aliphatic heterocycles. The van der Waals surface area contributed by atoms with Gasteiger partial charge in [-0.1, -0.05) is 67.1 Å². The molecule has 1 saturated carbocycles. The van der Waals surface area contributed by atoms with E-state index in [9.17, 15) is 19.5 Å². The van der Waals surface area contributed by atoms with E-state index in [2.05, 4.69) is 0 Å². The van der Waals surface area contributed by atoms with Gasteiger partial charge in [0.05, 0.1) is 24.1 Å². The highest BCUT2D eigenvalue weighted by molar-refractivity contribution is 6.01. The van der Waals surface area contributed by atoms with Gasteiger partial charge in [-0.2, -0.15) is 0 Å². The number of nitrogens with zero attached hydrogens (tertiary/aromatic N) is 3. The van der Waals surface area contributed by atoms with Crippen LogP contribution in [0.25, 0.3) is 0 Å². The normalized spacial score (nSPS) is 24.7. The third-order valence-electron chi connectivity index (χ3n) is 8.15. The molecule has 8 heteroatoms. The largest absolute Gasteiger partial charge is 0.456 e. The number of hydrogen-bond acceptors (Lipinski definition) is 5. The number of benzene rings is 2. The Kier molecular flexibility index (Phi) is 7.25. The van der Waals surface area contributed by atoms with Crippen molar-refractivity contribution in [2.24, 2.45) is 11.8 Å². The van der Waals surface area contributed by atoms with E-state index in [0.717, 1.165) is 29.5 Å². The van der Waals surface area contributed by atoms with Crippen LogP contribution in [0.15, 0.2) is 71.9 Å². The molecular weight excluding hydrogens is 482 g/mol. The van der Waals surface area contributed by atoms with Crippen LogP contribution in [-0.4, -0.2) is 70.0 Å². The molecule has 0 spiro atoms. The zero-order chi connectivity index (χ0) is 27.0. The van der Waals surface area contributed by atoms with E-state index in [1.54, 1.807) is 30.8 Å². The summed E-state index contributed by atoms with van der Waals surface area (Å²) in [5.41, 5.74) is 2.93. The molecule has 8 nitrogen and oxygen atoms in total. The van der Waals surface area contributed by atoms with Gasteiger partial charge in [0.1, 0.15) is 12.3 Å². The second kappa shape index (κ2) is 10.6. The van der Waals surface area contributed by atoms with Crippen LogP contribution in [0.1, 0.15) is 37.3 Å². The SMILES string of the molecule is CC(O)[C@H]1C(=O)N2C(C(=O)OCc3ccccc3)=C3[C@H](CCC[C@@H]3N(C)C(=O)N(C)Cc3ccccc3)[C@H]12. The van der Waals surface area contributed by atoms with Crippen molar-refractivity contribution in [3.63, 3.8) is 0 Å². The Morgan fingerprint density at radius 3 is 2.29 bits per heavy atom. The molecule has 0 radical (unpaired) electrons. The second-order valence-electron chi connectivity index (χ2n) is 10.6. The maximum atomic E-state index is 13.5. The second-order valence-corrected chi connectivity index (χ2v) is 10.6. The molecule has 3 aliphatic rings. The van der Waals surface area contributed by atoms with Gasteiger partial charge in [0.15, 0.2) is 0 Å². The summed E-state index contributed by atoms with van der Waals surface area (Å²) in [7, 11) is 3.53. The summed E-state index contributed by atoms with van der Waals surface area (Å²) in [6, 6.07) is 18.4. The van der Waals surface area contributed by atoms with Crippen molar-refractivity contribution in [3.8, 4) is 0 Å². The topological polar surface area (TPSA) is 90.4 Å². The first kappa shape index (κ1) is 26.0. The van der Waals surface area contributed by atoms with Crippen molar-refractivity contribution < 1.29 is 24.2 Å². The third-order valence-corrected chi connectivity index (χ3v) is 8.15. The Morgan fingerprint density at radius 1 is 1.03 bits per heavy atom. The first-order valence-corrected chi connectivity index (χ1v) is 13.3. The van der Waals surface area contributed by atoms with E-state index < -0.39 is 18.0 Å². The van der Waals surface area contributed by atoms with Crippen LogP contribution in [0.3, 0.4) is 0 Å². The number of fused-ring (bicyclic) bond motifs is 3. The van der Waals surface area contributed by atoms with E-state index in [-0.39, 0.29) is 42.2 Å². The van der Waals surface area contributed by atoms with Gasteiger partial charge in [0.2, 0.25) is 5.91 Å². The molecule has 1 N–H and O–H groups in total. The lowest BCUT2D eigenvalue weighted by Gasteiger charge is -2.48. The number of rotatable bonds is 7. The number of carbonyl (C=O) groups is 3. The Morgan fingerprint density at radius 2 is 1.66 bits per heavy atom. The standard InChI is InChI=1S/C30H35N3O5/c1-19(34)24-26-22-15-10-16-23(32(3)30(37)31(2)17-20-11-6-4-7-12-20)25(22)27(33(26)28(24)35)29(36)38-18-21-13-8-5-9-14-21/h4-9,11-14,19,22-24,26,34H,10,15-18H2,1-3H3/t19?,22-,23-,24+,26+/m0/s1. The number of β-lactam (4-membered cyclic amide) rings is 1. The predicted molar refractivity (Wildman–Crippen MR) is 141 cm³/mol. The number of urea groups is 1. The molecule has 1 unspecified atom stereocenters. The monoisotopic (exact) mass is 517 g/mol. The van der Waals surface area contributed by atoms with Crippen LogP contribution in [0.4, 0.5) is 4.79 Å². The number of carbonyl (C=O) groups excluding carboxylic acids is 3. The number of esters is 1. The fraction of sp³-hybridized carbons (Fsp3) is 0.433. The quantitative estimate of drug-likeness (QED) is 0.448. The molecule has 200 valence electrons. The highest BCUT2D eigenvalue weighted by Gasteiger charge is 2.63. The van der Waals surface area contributed by atoms with Gasteiger partial charge >= 0.3 is 12.0 Å². The van der Waals surface area contributed by atoms with E-state index in [4.69, 9.17) is 4.74 Å². The van der Waals surface area contributed by atoms with Crippen LogP contribution in [-0.2, 0) is 27.5 Å². The minimum Gasteiger partial charge on any atom is -0.456 e. The molecule has 2 fully saturated rings. The van der Waals surface area contributed by atoms with Crippen molar-refractivity contribution in [3.05, 3.63) is 83.1 Å². The summed E-state index contributed by atoms with van der Waals surface area (Å²) < 4.78 is 5.71. The van der Waals surface area contributed by atoms with Crippen LogP contribution in [0.5, 0.6) is 0 Å². The zero-order valence-electron chi connectivity index (χ0n) is 22.1. The van der Waals surface area contributed by atoms with Gasteiger partial charge in [0.25, 0.3) is 0 Å². The molecular formula is C30H35N3O5. The fourth-order valence-electron chi connectivity index (χ4n) is 6.37. The van der Waals surface area contributed by atoms with Crippen LogP contribution >= 0.6 is 0 Å². The highest BCUT2D eigenvalue weighted by Crippen LogP contribution is 2.53. The predicted octanol–water partition coefficient (Wildman–Crippen LogP) is 3.56. The number of aliphatic hydroxyl groups excluding tert-OH is 1. The molecule has 0 aromatic heterocycles. The molecule has 0 bridgehead atoms. The molecule has 1 aliphatic carbocycles. The lowest BCUT2D eigenvalue weighted by Crippen LogP contribution is -2.64. The van der Waals surface area contributed by atoms with Crippen LogP contribution < -0.4 is 0 Å². The summed E-state index contributed by atoms with van der Waals surface area (Å²) in [5, 5.41) is 10.4. The average molecular weight is 518 g/mol. The Bertz CT molecular complexity index is 1230. The third kappa shape index (κ3) is 4.58. The number of ether oxygens (including phenoxy) is 1. The summed E-state index contributed by atoms with van der Waals surface area (Å²) in [5.74, 6) is -1.47. The minimum atomic E-state index is -0.818. The number of aliphatic hydroxyl groups is 1. The summed E-state index contributed by atoms with van der Waals surface area (Å²) in [6.45, 7) is 2.18. The molecule has 5 rings (SSSR count). The van der Waals surface area contributed by atoms with Crippen molar-refractivity contribution in [2.45, 2.75) is 57.5 Å². The van der Waals surface area contributed by atoms with Crippen molar-refractivity contribution in [1.29, 1.82) is 0 Å². The number of likely N-dealkylation sites (N-methyl/N-ethyl adjacent to an activating group) is 1. The van der Waals surface area contributed by atoms with Gasteiger partial charge in [-0.15, -0.1) is 0 Å². The van der Waals surface area contributed by atoms with Crippen LogP contribution in [0, 0.1) is 11.8 Å². The van der Waals surface area contributed by atoms with Gasteiger partial charge in [0, 0.05) is 26.6 Å². The van der Waals surface area contributed by atoms with Gasteiger partial charge in [-0.3, -0.25) is 4.79 Å². The van der Waals surface area contributed by atoms with Crippen LogP contribution in [0.2, 0.25) is 0 Å². The molecule has 3 amide bonds. The van der Waals surface area contributed by atoms with Gasteiger partial charge in [-0.25, -0.2) is 9.59 Å². The Balaban J connectivity index is 1.44. The maximum absolute atomic E-state index is 13.5. The van der Waals surface area contributed by atoms with Crippen molar-refractivity contribution in [1.82, 2.24) is 14.7 Å². The van der Waals surface area contributed by atoms with E-state index in [1.807, 2.05) is 60.7 Å². The zero-order valence-corrected chi connectivity index (χ0v) is 22.1. The number of hydrogen-bond donors (Lipinski definition) is 1. The van der Waals surface area contributed by atoms with E-state index >= 15 is 0 Å². The maximum Gasteiger partial charge on any atom is 0.355 e. The van der Waals surface area contributed by atoms with Gasteiger partial charge < -0.3 is 24.5 Å². The highest BCUT2D eigenvalue weighted by atomic mass is 16.5. The Hall–Kier alpha value is -3.65. The first-order chi connectivity index (χ1) is 18.3. The lowest BCUT2D eigenvalue weighted by molar-refractivity contribution is -0.165. The molecule has 1 saturated heterocycles. The number of amides is 3. The van der Waals surface area contributed by atoms with Crippen molar-refractivity contribution >= 4 is 17.9 Å². The van der Waals surface area contributed by atoms with E-state index in [0.29, 0.717) is 13.0 Å². The first-order valence-electron chi connectivity index (χ1n) is 13.3. The smallest absolute Gasteiger partial charge is 0.355 e. The van der Waals surface area contributed by atoms with Gasteiger partial charge in [-0.05, 0) is 36.5 Å². The minimum absolute atomic E-state index is 0.0902. The molecule has 2 aromatic carbocycles. The summed E-state index contributed by atoms with van der Waals surface area (Å²) in [6.07, 6.45) is 1.52. The average Bonchev–Trinajstić information content (AvgIpc) is 3.22. The summed E-state index contributed by atoms with van der Waals surface area (Å²) >= 11 is 0. The molecule has 2 heterocycles. The van der Waals surface area contributed by atoms with Crippen molar-refractivity contribution in [2.75, 3.05) is 14.1 Å². The fourth-order valence-corrected chi connectivity index (χ4v) is 6.37. The summed E-state index contributed by atoms with van der Waals surface area (Å²) in [4.78, 5) is 45.2. The van der Waals surface area contributed by atoms with E-state index in [1.165, 1.54) is 4.90 Å². The lowest BCUT2D eigenvalue weighted by atomic mass is 9.71. The molecule has 2 aromatic rings. The molecule has 5 atom stereocenters.